The predicted molar refractivity (Wildman–Crippen MR) is 132 cm³/mol. The fraction of sp³-hybridized carbons (Fsp3) is 0.172. The van der Waals surface area contributed by atoms with Crippen molar-refractivity contribution in [2.45, 2.75) is 26.2 Å². The number of nitriles is 1. The Balaban J connectivity index is 1.54. The molecule has 1 N–H and O–H groups in total. The maximum Gasteiger partial charge on any atom is 0.269 e. The van der Waals surface area contributed by atoms with Crippen LogP contribution in [0.3, 0.4) is 0 Å². The lowest BCUT2D eigenvalue weighted by atomic mass is 9.88. The van der Waals surface area contributed by atoms with Gasteiger partial charge < -0.3 is 9.88 Å². The first-order valence-electron chi connectivity index (χ1n) is 11.2. The highest BCUT2D eigenvalue weighted by atomic mass is 16.1. The van der Waals surface area contributed by atoms with E-state index in [-0.39, 0.29) is 11.8 Å². The second-order valence-corrected chi connectivity index (χ2v) is 8.25. The average molecular weight is 434 g/mol. The zero-order valence-electron chi connectivity index (χ0n) is 19.0. The van der Waals surface area contributed by atoms with Gasteiger partial charge in [-0.3, -0.25) is 4.79 Å². The van der Waals surface area contributed by atoms with E-state index in [1.807, 2.05) is 61.5 Å². The molecular weight excluding hydrogens is 406 g/mol. The Bertz CT molecular complexity index is 1240. The summed E-state index contributed by atoms with van der Waals surface area (Å²) >= 11 is 0. The molecule has 0 fully saturated rings. The number of aromatic nitrogens is 1. The molecule has 0 bridgehead atoms. The van der Waals surface area contributed by atoms with Gasteiger partial charge in [-0.2, -0.15) is 5.26 Å². The zero-order valence-corrected chi connectivity index (χ0v) is 19.0. The van der Waals surface area contributed by atoms with E-state index in [0.717, 1.165) is 17.7 Å². The lowest BCUT2D eigenvalue weighted by Gasteiger charge is -2.19. The van der Waals surface area contributed by atoms with Crippen LogP contribution in [0.5, 0.6) is 0 Å². The minimum absolute atomic E-state index is 0.176. The number of nitrogens with one attached hydrogen (secondary N) is 1. The SMILES string of the molecule is Cc1ccc(-n2ccc(C#N)c2C(=O)NCCC(c2ccccc2)c2ccccc2)cc1C. The van der Waals surface area contributed by atoms with Crippen LogP contribution in [0, 0.1) is 25.2 Å². The molecular formula is C29H27N3O. The van der Waals surface area contributed by atoms with E-state index in [4.69, 9.17) is 0 Å². The van der Waals surface area contributed by atoms with Gasteiger partial charge in [0.05, 0.1) is 5.56 Å². The third-order valence-corrected chi connectivity index (χ3v) is 6.11. The third-order valence-electron chi connectivity index (χ3n) is 6.11. The molecule has 0 aliphatic heterocycles. The molecule has 0 saturated heterocycles. The van der Waals surface area contributed by atoms with Crippen molar-refractivity contribution < 1.29 is 4.79 Å². The molecule has 0 atom stereocenters. The van der Waals surface area contributed by atoms with Gasteiger partial charge in [0.2, 0.25) is 0 Å². The number of rotatable bonds is 7. The van der Waals surface area contributed by atoms with Crippen molar-refractivity contribution in [3.8, 4) is 11.8 Å². The highest BCUT2D eigenvalue weighted by Gasteiger charge is 2.20. The van der Waals surface area contributed by atoms with Gasteiger partial charge in [-0.15, -0.1) is 0 Å². The number of aryl methyl sites for hydroxylation is 2. The van der Waals surface area contributed by atoms with Crippen molar-refractivity contribution in [2.24, 2.45) is 0 Å². The van der Waals surface area contributed by atoms with Crippen molar-refractivity contribution in [1.82, 2.24) is 9.88 Å². The van der Waals surface area contributed by atoms with Gasteiger partial charge in [0.15, 0.2) is 0 Å². The summed E-state index contributed by atoms with van der Waals surface area (Å²) in [6.07, 6.45) is 2.54. The summed E-state index contributed by atoms with van der Waals surface area (Å²) in [6.45, 7) is 4.59. The Hall–Kier alpha value is -4.10. The van der Waals surface area contributed by atoms with Crippen LogP contribution in [0.2, 0.25) is 0 Å². The van der Waals surface area contributed by atoms with E-state index in [2.05, 4.69) is 42.6 Å². The molecule has 164 valence electrons. The minimum Gasteiger partial charge on any atom is -0.351 e. The molecule has 0 aliphatic carbocycles. The summed E-state index contributed by atoms with van der Waals surface area (Å²) in [5.74, 6) is -0.0654. The monoisotopic (exact) mass is 433 g/mol. The number of hydrogen-bond acceptors (Lipinski definition) is 2. The van der Waals surface area contributed by atoms with E-state index in [9.17, 15) is 10.1 Å². The van der Waals surface area contributed by atoms with E-state index >= 15 is 0 Å². The second kappa shape index (κ2) is 10.0. The molecule has 4 heteroatoms. The highest BCUT2D eigenvalue weighted by molar-refractivity contribution is 5.95. The van der Waals surface area contributed by atoms with Crippen LogP contribution in [-0.2, 0) is 0 Å². The quantitative estimate of drug-likeness (QED) is 0.393. The molecule has 4 aromatic rings. The van der Waals surface area contributed by atoms with Crippen LogP contribution < -0.4 is 5.32 Å². The number of carbonyl (C=O) groups excluding carboxylic acids is 1. The van der Waals surface area contributed by atoms with E-state index in [1.54, 1.807) is 16.8 Å². The van der Waals surface area contributed by atoms with Crippen molar-refractivity contribution in [3.05, 3.63) is 125 Å². The first-order valence-corrected chi connectivity index (χ1v) is 11.2. The molecule has 33 heavy (non-hydrogen) atoms. The van der Waals surface area contributed by atoms with Gasteiger partial charge in [0, 0.05) is 24.3 Å². The summed E-state index contributed by atoms with van der Waals surface area (Å²) in [7, 11) is 0. The normalized spacial score (nSPS) is 10.7. The first kappa shape index (κ1) is 22.1. The minimum atomic E-state index is -0.241. The van der Waals surface area contributed by atoms with Crippen LogP contribution in [0.25, 0.3) is 5.69 Å². The fourth-order valence-corrected chi connectivity index (χ4v) is 4.16. The zero-order chi connectivity index (χ0) is 23.2. The Kier molecular flexibility index (Phi) is 6.71. The average Bonchev–Trinajstić information content (AvgIpc) is 3.29. The second-order valence-electron chi connectivity index (χ2n) is 8.25. The van der Waals surface area contributed by atoms with Gasteiger partial charge in [0.1, 0.15) is 11.8 Å². The van der Waals surface area contributed by atoms with E-state index < -0.39 is 0 Å². The summed E-state index contributed by atoms with van der Waals surface area (Å²) < 4.78 is 1.80. The molecule has 0 saturated carbocycles. The van der Waals surface area contributed by atoms with Gasteiger partial charge in [-0.25, -0.2) is 0 Å². The molecule has 4 rings (SSSR count). The number of benzene rings is 3. The number of hydrogen-bond donors (Lipinski definition) is 1. The molecule has 0 aliphatic rings. The van der Waals surface area contributed by atoms with Crippen molar-refractivity contribution in [2.75, 3.05) is 6.54 Å². The van der Waals surface area contributed by atoms with Crippen molar-refractivity contribution >= 4 is 5.91 Å². The van der Waals surface area contributed by atoms with Crippen LogP contribution in [-0.4, -0.2) is 17.0 Å². The van der Waals surface area contributed by atoms with Gasteiger partial charge in [0.25, 0.3) is 5.91 Å². The molecule has 0 spiro atoms. The maximum atomic E-state index is 13.2. The third kappa shape index (κ3) is 4.88. The molecule has 0 unspecified atom stereocenters. The topological polar surface area (TPSA) is 57.8 Å². The number of amides is 1. The van der Waals surface area contributed by atoms with Crippen molar-refractivity contribution in [3.63, 3.8) is 0 Å². The summed E-state index contributed by atoms with van der Waals surface area (Å²) in [4.78, 5) is 13.2. The molecule has 1 heterocycles. The standard InChI is InChI=1S/C29H27N3O/c1-21-13-14-26(19-22(21)2)32-18-16-25(20-30)28(32)29(33)31-17-15-27(23-9-5-3-6-10-23)24-11-7-4-8-12-24/h3-14,16,18-19,27H,15,17H2,1-2H3,(H,31,33). The Morgan fingerprint density at radius 1 is 0.909 bits per heavy atom. The van der Waals surface area contributed by atoms with Crippen LogP contribution in [0.4, 0.5) is 0 Å². The smallest absolute Gasteiger partial charge is 0.269 e. The lowest BCUT2D eigenvalue weighted by Crippen LogP contribution is -2.28. The molecule has 1 aromatic heterocycles. The molecule has 4 nitrogen and oxygen atoms in total. The predicted octanol–water partition coefficient (Wildman–Crippen LogP) is 5.92. The summed E-state index contributed by atoms with van der Waals surface area (Å²) in [5.41, 5.74) is 6.37. The van der Waals surface area contributed by atoms with E-state index in [1.165, 1.54) is 16.7 Å². The van der Waals surface area contributed by atoms with E-state index in [0.29, 0.717) is 17.8 Å². The van der Waals surface area contributed by atoms with Gasteiger partial charge in [-0.1, -0.05) is 66.7 Å². The number of carbonyl (C=O) groups is 1. The largest absolute Gasteiger partial charge is 0.351 e. The van der Waals surface area contributed by atoms with Crippen LogP contribution in [0.1, 0.15) is 50.6 Å². The summed E-state index contributed by atoms with van der Waals surface area (Å²) in [5, 5.41) is 12.6. The molecule has 3 aromatic carbocycles. The Morgan fingerprint density at radius 2 is 1.55 bits per heavy atom. The molecule has 0 radical (unpaired) electrons. The van der Waals surface area contributed by atoms with Gasteiger partial charge >= 0.3 is 0 Å². The summed E-state index contributed by atoms with van der Waals surface area (Å²) in [6, 6.07) is 30.6. The Morgan fingerprint density at radius 3 is 2.12 bits per heavy atom. The van der Waals surface area contributed by atoms with Crippen LogP contribution >= 0.6 is 0 Å². The van der Waals surface area contributed by atoms with Crippen molar-refractivity contribution in [1.29, 1.82) is 5.26 Å². The fourth-order valence-electron chi connectivity index (χ4n) is 4.16. The van der Waals surface area contributed by atoms with Crippen LogP contribution in [0.15, 0.2) is 91.1 Å². The maximum absolute atomic E-state index is 13.2. The highest BCUT2D eigenvalue weighted by Crippen LogP contribution is 2.27. The van der Waals surface area contributed by atoms with Gasteiger partial charge in [-0.05, 0) is 60.7 Å². The number of nitrogens with zero attached hydrogens (tertiary/aromatic N) is 2. The Labute approximate surface area is 195 Å². The first-order chi connectivity index (χ1) is 16.1. The lowest BCUT2D eigenvalue weighted by molar-refractivity contribution is 0.0945. The molecule has 1 amide bonds.